The molecular formula is C19H14ClF4N3OS. The highest BCUT2D eigenvalue weighted by molar-refractivity contribution is 8.14. The highest BCUT2D eigenvalue weighted by atomic mass is 35.5. The second-order valence-corrected chi connectivity index (χ2v) is 8.79. The van der Waals surface area contributed by atoms with E-state index in [2.05, 4.69) is 9.98 Å². The minimum absolute atomic E-state index is 0.0945. The number of amidine groups is 1. The Morgan fingerprint density at radius 2 is 2.03 bits per heavy atom. The molecule has 1 aromatic heterocycles. The molecule has 3 atom stereocenters. The van der Waals surface area contributed by atoms with Gasteiger partial charge in [0, 0.05) is 18.2 Å². The molecule has 2 heterocycles. The van der Waals surface area contributed by atoms with Crippen molar-refractivity contribution < 1.29 is 22.4 Å². The van der Waals surface area contributed by atoms with Gasteiger partial charge < -0.3 is 5.73 Å². The van der Waals surface area contributed by atoms with Crippen LogP contribution in [0.4, 0.5) is 17.6 Å². The van der Waals surface area contributed by atoms with Crippen LogP contribution in [0.25, 0.3) is 0 Å². The number of pyridine rings is 1. The van der Waals surface area contributed by atoms with Crippen LogP contribution < -0.4 is 5.73 Å². The standard InChI is InChI=1S/C19H14ClF4N3OS/c1-18(15-16(19(15,23)24)29-17(25)27-18)10-4-8(5-11(21)14(10)22)6-13(28)12-3-2-9(20)7-26-12/h2-5,7,15-16H,6H2,1H3,(H2,25,27)/t15-,16-,18-/m1/s1. The summed E-state index contributed by atoms with van der Waals surface area (Å²) < 4.78 is 57.4. The van der Waals surface area contributed by atoms with Crippen molar-refractivity contribution in [1.29, 1.82) is 0 Å². The van der Waals surface area contributed by atoms with Gasteiger partial charge in [-0.3, -0.25) is 14.8 Å². The molecule has 0 spiro atoms. The predicted molar refractivity (Wildman–Crippen MR) is 102 cm³/mol. The average Bonchev–Trinajstić information content (AvgIpc) is 3.19. The minimum Gasteiger partial charge on any atom is -0.379 e. The van der Waals surface area contributed by atoms with Gasteiger partial charge in [-0.15, -0.1) is 0 Å². The number of hydrogen-bond donors (Lipinski definition) is 1. The summed E-state index contributed by atoms with van der Waals surface area (Å²) in [5.41, 5.74) is 3.79. The molecular weight excluding hydrogens is 430 g/mol. The number of nitrogens with zero attached hydrogens (tertiary/aromatic N) is 2. The lowest BCUT2D eigenvalue weighted by Gasteiger charge is -2.29. The minimum atomic E-state index is -3.11. The first kappa shape index (κ1) is 20.2. The third kappa shape index (κ3) is 3.30. The number of carbonyl (C=O) groups is 1. The number of benzene rings is 1. The van der Waals surface area contributed by atoms with Crippen LogP contribution in [0.1, 0.15) is 28.5 Å². The Hall–Kier alpha value is -2.13. The number of hydrogen-bond acceptors (Lipinski definition) is 5. The number of aliphatic imine (C=N–C) groups is 1. The highest BCUT2D eigenvalue weighted by Crippen LogP contribution is 2.66. The van der Waals surface area contributed by atoms with E-state index in [-0.39, 0.29) is 28.4 Å². The van der Waals surface area contributed by atoms with Crippen LogP contribution in [0.2, 0.25) is 5.02 Å². The molecule has 2 N–H and O–H groups in total. The summed E-state index contributed by atoms with van der Waals surface area (Å²) >= 11 is 6.47. The molecule has 4 nitrogen and oxygen atoms in total. The van der Waals surface area contributed by atoms with Crippen molar-refractivity contribution in [3.05, 3.63) is 63.9 Å². The molecule has 1 aliphatic heterocycles. The van der Waals surface area contributed by atoms with Crippen molar-refractivity contribution in [3.63, 3.8) is 0 Å². The van der Waals surface area contributed by atoms with Crippen LogP contribution in [-0.2, 0) is 12.0 Å². The summed E-state index contributed by atoms with van der Waals surface area (Å²) in [6, 6.07) is 4.95. The van der Waals surface area contributed by atoms with Crippen molar-refractivity contribution in [2.75, 3.05) is 0 Å². The fraction of sp³-hybridized carbons (Fsp3) is 0.316. The van der Waals surface area contributed by atoms with E-state index in [1.165, 1.54) is 31.3 Å². The van der Waals surface area contributed by atoms with Gasteiger partial charge in [0.15, 0.2) is 22.6 Å². The third-order valence-corrected chi connectivity index (χ3v) is 6.59. The topological polar surface area (TPSA) is 68.3 Å². The van der Waals surface area contributed by atoms with Gasteiger partial charge >= 0.3 is 0 Å². The first-order valence-corrected chi connectivity index (χ1v) is 9.82. The molecule has 152 valence electrons. The van der Waals surface area contributed by atoms with E-state index in [4.69, 9.17) is 17.3 Å². The fourth-order valence-corrected chi connectivity index (χ4v) is 5.15. The summed E-state index contributed by atoms with van der Waals surface area (Å²) in [4.78, 5) is 20.4. The van der Waals surface area contributed by atoms with Gasteiger partial charge in [0.25, 0.3) is 5.92 Å². The molecule has 1 aromatic carbocycles. The van der Waals surface area contributed by atoms with E-state index in [0.29, 0.717) is 5.02 Å². The molecule has 29 heavy (non-hydrogen) atoms. The van der Waals surface area contributed by atoms with Gasteiger partial charge in [0.1, 0.15) is 5.69 Å². The number of thioether (sulfide) groups is 1. The van der Waals surface area contributed by atoms with Gasteiger partial charge in [-0.25, -0.2) is 17.6 Å². The van der Waals surface area contributed by atoms with Gasteiger partial charge in [0.05, 0.1) is 21.7 Å². The zero-order chi connectivity index (χ0) is 21.1. The average molecular weight is 444 g/mol. The largest absolute Gasteiger partial charge is 0.379 e. The molecule has 1 saturated carbocycles. The van der Waals surface area contributed by atoms with E-state index >= 15 is 0 Å². The molecule has 10 heteroatoms. The number of aromatic nitrogens is 1. The summed E-state index contributed by atoms with van der Waals surface area (Å²) in [5, 5.41) is -0.913. The van der Waals surface area contributed by atoms with Gasteiger partial charge in [-0.2, -0.15) is 0 Å². The smallest absolute Gasteiger partial charge is 0.267 e. The summed E-state index contributed by atoms with van der Waals surface area (Å²) in [6.45, 7) is 1.31. The first-order valence-electron chi connectivity index (χ1n) is 8.57. The Labute approximate surface area is 172 Å². The van der Waals surface area contributed by atoms with Crippen LogP contribution in [0.15, 0.2) is 35.5 Å². The number of fused-ring (bicyclic) bond motifs is 1. The Balaban J connectivity index is 1.72. The molecule has 0 radical (unpaired) electrons. The summed E-state index contributed by atoms with van der Waals surface area (Å²) in [7, 11) is 0. The predicted octanol–water partition coefficient (Wildman–Crippen LogP) is 4.35. The number of ketones is 1. The normalized spacial score (nSPS) is 27.2. The lowest BCUT2D eigenvalue weighted by molar-refractivity contribution is 0.0817. The van der Waals surface area contributed by atoms with Crippen LogP contribution >= 0.6 is 23.4 Å². The molecule has 2 aliphatic rings. The second kappa shape index (κ2) is 6.70. The Kier molecular flexibility index (Phi) is 4.66. The lowest BCUT2D eigenvalue weighted by Crippen LogP contribution is -2.33. The van der Waals surface area contributed by atoms with Gasteiger partial charge in [-0.1, -0.05) is 23.4 Å². The zero-order valence-corrected chi connectivity index (χ0v) is 16.5. The van der Waals surface area contributed by atoms with Crippen molar-refractivity contribution >= 4 is 34.3 Å². The van der Waals surface area contributed by atoms with Crippen LogP contribution in [0, 0.1) is 17.6 Å². The van der Waals surface area contributed by atoms with Crippen molar-refractivity contribution in [3.8, 4) is 0 Å². The Morgan fingerprint density at radius 1 is 1.31 bits per heavy atom. The second-order valence-electron chi connectivity index (χ2n) is 7.19. The number of nitrogens with two attached hydrogens (primary N) is 1. The summed E-state index contributed by atoms with van der Waals surface area (Å²) in [6.07, 6.45) is 0.992. The summed E-state index contributed by atoms with van der Waals surface area (Å²) in [5.74, 6) is -7.40. The van der Waals surface area contributed by atoms with E-state index < -0.39 is 40.0 Å². The lowest BCUT2D eigenvalue weighted by atomic mass is 9.85. The first-order chi connectivity index (χ1) is 13.5. The SMILES string of the molecule is C[C@]1(c2cc(CC(=O)c3ccc(Cl)cn3)cc(F)c2F)N=C(N)S[C@@H]2[C@H]1C2(F)F. The Morgan fingerprint density at radius 3 is 2.69 bits per heavy atom. The molecule has 0 unspecified atom stereocenters. The monoisotopic (exact) mass is 443 g/mol. The van der Waals surface area contributed by atoms with Crippen LogP contribution in [0.5, 0.6) is 0 Å². The van der Waals surface area contributed by atoms with E-state index in [1.54, 1.807) is 0 Å². The molecule has 0 saturated heterocycles. The quantitative estimate of drug-likeness (QED) is 0.563. The maximum atomic E-state index is 14.6. The zero-order valence-electron chi connectivity index (χ0n) is 14.9. The number of rotatable bonds is 4. The number of Topliss-reactive ketones (excluding diaryl/α,β-unsaturated/α-hetero) is 1. The van der Waals surface area contributed by atoms with Crippen LogP contribution in [0.3, 0.4) is 0 Å². The van der Waals surface area contributed by atoms with E-state index in [9.17, 15) is 22.4 Å². The molecule has 0 amide bonds. The van der Waals surface area contributed by atoms with Gasteiger partial charge in [0.2, 0.25) is 0 Å². The molecule has 1 aliphatic carbocycles. The number of carbonyl (C=O) groups excluding carboxylic acids is 1. The molecule has 0 bridgehead atoms. The number of halogens is 5. The fourth-order valence-electron chi connectivity index (χ4n) is 3.73. The van der Waals surface area contributed by atoms with E-state index in [0.717, 1.165) is 17.8 Å². The molecule has 1 fully saturated rings. The Bertz CT molecular complexity index is 1050. The van der Waals surface area contributed by atoms with E-state index in [1.807, 2.05) is 0 Å². The molecule has 2 aromatic rings. The van der Waals surface area contributed by atoms with Crippen LogP contribution in [-0.4, -0.2) is 27.1 Å². The van der Waals surface area contributed by atoms with Gasteiger partial charge in [-0.05, 0) is 36.8 Å². The maximum Gasteiger partial charge on any atom is 0.267 e. The van der Waals surface area contributed by atoms with Crippen molar-refractivity contribution in [2.24, 2.45) is 16.6 Å². The maximum absolute atomic E-state index is 14.6. The number of alkyl halides is 2. The van der Waals surface area contributed by atoms with Crippen molar-refractivity contribution in [2.45, 2.75) is 30.1 Å². The highest BCUT2D eigenvalue weighted by Gasteiger charge is 2.77. The third-order valence-electron chi connectivity index (χ3n) is 5.19. The van der Waals surface area contributed by atoms with Crippen molar-refractivity contribution in [1.82, 2.24) is 4.98 Å². The molecule has 4 rings (SSSR count).